The Morgan fingerprint density at radius 2 is 1.36 bits per heavy atom. The van der Waals surface area contributed by atoms with E-state index in [1.54, 1.807) is 0 Å². The molecule has 3 rings (SSSR count). The van der Waals surface area contributed by atoms with Crippen molar-refractivity contribution in [2.45, 2.75) is 71.0 Å². The van der Waals surface area contributed by atoms with Crippen LogP contribution < -0.4 is 9.16 Å². The van der Waals surface area contributed by atoms with Crippen LogP contribution in [0.15, 0.2) is 54.1 Å². The van der Waals surface area contributed by atoms with Gasteiger partial charge in [0, 0.05) is 0 Å². The van der Waals surface area contributed by atoms with Gasteiger partial charge in [-0.2, -0.15) is 0 Å². The van der Waals surface area contributed by atoms with E-state index in [1.165, 1.54) is 48.6 Å². The largest absolute Gasteiger partial charge is 0.544 e. The van der Waals surface area contributed by atoms with Gasteiger partial charge in [0.25, 0.3) is 0 Å². The number of allylic oxidation sites excluding steroid dienone is 1. The van der Waals surface area contributed by atoms with E-state index in [-0.39, 0.29) is 17.6 Å². The van der Waals surface area contributed by atoms with Gasteiger partial charge in [0.05, 0.1) is 7.11 Å². The Kier molecular flexibility index (Phi) is 8.06. The van der Waals surface area contributed by atoms with Crippen LogP contribution in [0.4, 0.5) is 0 Å². The summed E-state index contributed by atoms with van der Waals surface area (Å²) in [6.45, 7) is 11.3. The van der Waals surface area contributed by atoms with Crippen LogP contribution in [0.25, 0.3) is 5.57 Å². The number of hydrogen-bond acceptors (Lipinski definition) is 4. The highest BCUT2D eigenvalue weighted by atomic mass is 28.4. The number of carbonyl (C=O) groups is 1. The highest BCUT2D eigenvalue weighted by Crippen LogP contribution is 2.39. The summed E-state index contributed by atoms with van der Waals surface area (Å²) in [5.74, 6) is 1.23. The molecular formula is C28H38O4Si. The summed E-state index contributed by atoms with van der Waals surface area (Å²) < 4.78 is 16.7. The lowest BCUT2D eigenvalue weighted by Crippen LogP contribution is -2.43. The van der Waals surface area contributed by atoms with E-state index >= 15 is 0 Å². The molecule has 5 heteroatoms. The molecule has 0 N–H and O–H groups in total. The standard InChI is InChI=1S/C28H38O4Si/c1-28(2,3)33(5,6)32-25-18-14-23(15-19-25)27(21-10-8-7-9-11-21)22-12-16-24(17-13-22)31-20-26(29)30-4/h12-19H,7-11,20H2,1-6H3. The number of benzene rings is 2. The van der Waals surface area contributed by atoms with E-state index in [2.05, 4.69) is 75.0 Å². The molecule has 2 aromatic rings. The summed E-state index contributed by atoms with van der Waals surface area (Å²) in [7, 11) is -0.509. The first-order valence-corrected chi connectivity index (χ1v) is 14.8. The molecule has 0 saturated heterocycles. The molecule has 178 valence electrons. The van der Waals surface area contributed by atoms with Crippen molar-refractivity contribution in [3.05, 3.63) is 65.2 Å². The smallest absolute Gasteiger partial charge is 0.343 e. The van der Waals surface area contributed by atoms with Crippen LogP contribution in [0.3, 0.4) is 0 Å². The second kappa shape index (κ2) is 10.6. The topological polar surface area (TPSA) is 44.8 Å². The zero-order chi connectivity index (χ0) is 24.1. The quantitative estimate of drug-likeness (QED) is 0.315. The van der Waals surface area contributed by atoms with Crippen LogP contribution in [-0.2, 0) is 9.53 Å². The average molecular weight is 467 g/mol. The summed E-state index contributed by atoms with van der Waals surface area (Å²) in [6.07, 6.45) is 6.06. The van der Waals surface area contributed by atoms with Crippen molar-refractivity contribution in [1.29, 1.82) is 0 Å². The van der Waals surface area contributed by atoms with Crippen molar-refractivity contribution >= 4 is 19.9 Å². The maximum absolute atomic E-state index is 11.4. The van der Waals surface area contributed by atoms with Gasteiger partial charge in [-0.25, -0.2) is 4.79 Å². The molecule has 0 heterocycles. The fourth-order valence-corrected chi connectivity index (χ4v) is 4.89. The molecule has 0 unspecified atom stereocenters. The molecular weight excluding hydrogens is 428 g/mol. The third-order valence-corrected chi connectivity index (χ3v) is 11.2. The zero-order valence-corrected chi connectivity index (χ0v) is 22.0. The van der Waals surface area contributed by atoms with E-state index < -0.39 is 8.32 Å². The number of hydrogen-bond donors (Lipinski definition) is 0. The third kappa shape index (κ3) is 6.50. The Morgan fingerprint density at radius 1 is 0.848 bits per heavy atom. The Balaban J connectivity index is 1.87. The number of carbonyl (C=O) groups excluding carboxylic acids is 1. The summed E-state index contributed by atoms with van der Waals surface area (Å²) in [6, 6.07) is 16.7. The van der Waals surface area contributed by atoms with Crippen molar-refractivity contribution in [2.75, 3.05) is 13.7 Å². The van der Waals surface area contributed by atoms with E-state index in [0.29, 0.717) is 5.75 Å². The predicted octanol–water partition coefficient (Wildman–Crippen LogP) is 7.39. The second-order valence-corrected chi connectivity index (χ2v) is 15.0. The monoisotopic (exact) mass is 466 g/mol. The van der Waals surface area contributed by atoms with Crippen molar-refractivity contribution in [3.8, 4) is 11.5 Å². The molecule has 0 aliphatic heterocycles. The molecule has 0 radical (unpaired) electrons. The molecule has 0 bridgehead atoms. The van der Waals surface area contributed by atoms with Crippen LogP contribution in [0.5, 0.6) is 11.5 Å². The van der Waals surface area contributed by atoms with Crippen LogP contribution >= 0.6 is 0 Å². The lowest BCUT2D eigenvalue weighted by atomic mass is 9.85. The number of rotatable bonds is 7. The van der Waals surface area contributed by atoms with E-state index in [1.807, 2.05) is 12.1 Å². The van der Waals surface area contributed by atoms with Gasteiger partial charge >= 0.3 is 5.97 Å². The normalized spacial score (nSPS) is 14.5. The minimum Gasteiger partial charge on any atom is -0.544 e. The SMILES string of the molecule is COC(=O)COc1ccc(C(=C2CCCCC2)c2ccc(O[Si](C)(C)C(C)(C)C)cc2)cc1. The van der Waals surface area contributed by atoms with Gasteiger partial charge in [-0.05, 0) is 84.8 Å². The van der Waals surface area contributed by atoms with Crippen LogP contribution in [0.2, 0.25) is 18.1 Å². The highest BCUT2D eigenvalue weighted by Gasteiger charge is 2.38. The molecule has 1 saturated carbocycles. The minimum absolute atomic E-state index is 0.0838. The molecule has 0 aromatic heterocycles. The first-order chi connectivity index (χ1) is 15.6. The maximum atomic E-state index is 11.4. The van der Waals surface area contributed by atoms with E-state index in [4.69, 9.17) is 9.16 Å². The van der Waals surface area contributed by atoms with Gasteiger partial charge in [-0.15, -0.1) is 0 Å². The van der Waals surface area contributed by atoms with Crippen LogP contribution in [0, 0.1) is 0 Å². The molecule has 0 spiro atoms. The van der Waals surface area contributed by atoms with Crippen molar-refractivity contribution < 1.29 is 18.7 Å². The van der Waals surface area contributed by atoms with E-state index in [9.17, 15) is 4.79 Å². The highest BCUT2D eigenvalue weighted by molar-refractivity contribution is 6.74. The summed E-state index contributed by atoms with van der Waals surface area (Å²) >= 11 is 0. The minimum atomic E-state index is -1.87. The van der Waals surface area contributed by atoms with Crippen molar-refractivity contribution in [2.24, 2.45) is 0 Å². The molecule has 0 amide bonds. The number of esters is 1. The van der Waals surface area contributed by atoms with Gasteiger partial charge in [-0.1, -0.05) is 57.0 Å². The van der Waals surface area contributed by atoms with Crippen LogP contribution in [-0.4, -0.2) is 28.0 Å². The maximum Gasteiger partial charge on any atom is 0.343 e. The van der Waals surface area contributed by atoms with Crippen LogP contribution in [0.1, 0.15) is 64.0 Å². The number of ether oxygens (including phenoxy) is 2. The van der Waals surface area contributed by atoms with Gasteiger partial charge < -0.3 is 13.9 Å². The molecule has 1 fully saturated rings. The first-order valence-electron chi connectivity index (χ1n) is 11.9. The molecule has 1 aliphatic rings. The zero-order valence-electron chi connectivity index (χ0n) is 21.0. The molecule has 4 nitrogen and oxygen atoms in total. The Morgan fingerprint density at radius 3 is 1.85 bits per heavy atom. The van der Waals surface area contributed by atoms with E-state index in [0.717, 1.165) is 18.6 Å². The first kappa shape index (κ1) is 25.1. The summed E-state index contributed by atoms with van der Waals surface area (Å²) in [4.78, 5) is 11.4. The second-order valence-electron chi connectivity index (χ2n) is 10.3. The summed E-state index contributed by atoms with van der Waals surface area (Å²) in [5.41, 5.74) is 5.23. The van der Waals surface area contributed by atoms with Gasteiger partial charge in [-0.3, -0.25) is 0 Å². The van der Waals surface area contributed by atoms with Gasteiger partial charge in [0.15, 0.2) is 6.61 Å². The molecule has 33 heavy (non-hydrogen) atoms. The lowest BCUT2D eigenvalue weighted by Gasteiger charge is -2.36. The van der Waals surface area contributed by atoms with Crippen molar-refractivity contribution in [1.82, 2.24) is 0 Å². The van der Waals surface area contributed by atoms with Gasteiger partial charge in [0.1, 0.15) is 11.5 Å². The molecule has 2 aromatic carbocycles. The van der Waals surface area contributed by atoms with Crippen molar-refractivity contribution in [3.63, 3.8) is 0 Å². The Labute approximate surface area is 200 Å². The fourth-order valence-electron chi connectivity index (χ4n) is 3.86. The Bertz CT molecular complexity index is 958. The van der Waals surface area contributed by atoms with Gasteiger partial charge in [0.2, 0.25) is 8.32 Å². The molecule has 0 atom stereocenters. The molecule has 1 aliphatic carbocycles. The Hall–Kier alpha value is -2.53. The fraction of sp³-hybridized carbons (Fsp3) is 0.464. The summed E-state index contributed by atoms with van der Waals surface area (Å²) in [5, 5.41) is 0.165. The predicted molar refractivity (Wildman–Crippen MR) is 137 cm³/mol. The lowest BCUT2D eigenvalue weighted by molar-refractivity contribution is -0.142. The number of methoxy groups -OCH3 is 1. The average Bonchev–Trinajstić information content (AvgIpc) is 2.79. The third-order valence-electron chi connectivity index (χ3n) is 6.86.